The zero-order valence-corrected chi connectivity index (χ0v) is 19.1. The van der Waals surface area contributed by atoms with Gasteiger partial charge in [0.15, 0.2) is 35.1 Å². The van der Waals surface area contributed by atoms with Gasteiger partial charge in [0, 0.05) is 5.41 Å². The number of imidazole rings is 1. The van der Waals surface area contributed by atoms with Crippen molar-refractivity contribution < 1.29 is 23.9 Å². The summed E-state index contributed by atoms with van der Waals surface area (Å²) in [5, 5.41) is 28.5. The van der Waals surface area contributed by atoms with Gasteiger partial charge in [-0.05, 0) is 18.2 Å². The first kappa shape index (κ1) is 22.6. The molecule has 1 aromatic carbocycles. The average Bonchev–Trinajstić information content (AvgIpc) is 3.49. The Kier molecular flexibility index (Phi) is 5.47. The van der Waals surface area contributed by atoms with Gasteiger partial charge < -0.3 is 24.8 Å². The van der Waals surface area contributed by atoms with Gasteiger partial charge in [-0.1, -0.05) is 37.5 Å². The molecule has 0 saturated carbocycles. The lowest BCUT2D eigenvalue weighted by molar-refractivity contribution is -0.0451. The van der Waals surface area contributed by atoms with Gasteiger partial charge in [-0.3, -0.25) is 4.57 Å². The maximum atomic E-state index is 13.4. The molecule has 1 aliphatic heterocycles. The number of aliphatic hydroxyl groups excluding tert-OH is 2. The third-order valence-electron chi connectivity index (χ3n) is 5.41. The molecule has 1 aliphatic rings. The van der Waals surface area contributed by atoms with Crippen molar-refractivity contribution in [1.29, 1.82) is 0 Å². The Morgan fingerprint density at radius 1 is 1.15 bits per heavy atom. The van der Waals surface area contributed by atoms with Crippen LogP contribution in [0.4, 0.5) is 15.9 Å². The lowest BCUT2D eigenvalue weighted by atomic mass is 9.96. The van der Waals surface area contributed by atoms with E-state index in [0.717, 1.165) is 0 Å². The molecular weight excluding hydrogens is 469 g/mol. The second-order valence-electron chi connectivity index (χ2n) is 8.93. The zero-order valence-electron chi connectivity index (χ0n) is 18.3. The van der Waals surface area contributed by atoms with Gasteiger partial charge in [-0.25, -0.2) is 19.3 Å². The molecule has 0 radical (unpaired) electrons. The molecule has 13 heteroatoms. The fraction of sp³-hybridized carbons (Fsp3) is 0.381. The summed E-state index contributed by atoms with van der Waals surface area (Å²) in [5.41, 5.74) is 0.742. The van der Waals surface area contributed by atoms with Gasteiger partial charge in [-0.2, -0.15) is 4.98 Å². The maximum absolute atomic E-state index is 13.4. The highest BCUT2D eigenvalue weighted by Gasteiger charge is 2.48. The van der Waals surface area contributed by atoms with Crippen LogP contribution in [-0.2, 0) is 10.2 Å². The molecule has 0 spiro atoms. The lowest BCUT2D eigenvalue weighted by Gasteiger charge is -2.16. The summed E-state index contributed by atoms with van der Waals surface area (Å²) in [7, 11) is 0. The summed E-state index contributed by atoms with van der Waals surface area (Å²) < 4.78 is 26.1. The van der Waals surface area contributed by atoms with Crippen LogP contribution >= 0.6 is 11.6 Å². The third kappa shape index (κ3) is 3.88. The smallest absolute Gasteiger partial charge is 0.258 e. The number of ether oxygens (including phenoxy) is 1. The van der Waals surface area contributed by atoms with Gasteiger partial charge in [0.2, 0.25) is 0 Å². The highest BCUT2D eigenvalue weighted by atomic mass is 35.5. The average molecular weight is 490 g/mol. The number of hydrogen-bond donors (Lipinski definition) is 3. The summed E-state index contributed by atoms with van der Waals surface area (Å²) in [6.45, 7) is 5.77. The number of halogens is 2. The summed E-state index contributed by atoms with van der Waals surface area (Å²) in [6.07, 6.45) is -2.03. The predicted molar refractivity (Wildman–Crippen MR) is 118 cm³/mol. The van der Waals surface area contributed by atoms with Gasteiger partial charge in [0.05, 0.1) is 17.0 Å². The van der Waals surface area contributed by atoms with Crippen LogP contribution < -0.4 is 5.32 Å². The number of rotatable bonds is 4. The molecule has 3 N–H and O–H groups in total. The molecule has 0 aliphatic carbocycles. The fourth-order valence-electron chi connectivity index (χ4n) is 3.60. The molecule has 1 fully saturated rings. The van der Waals surface area contributed by atoms with Crippen molar-refractivity contribution in [3.63, 3.8) is 0 Å². The number of hydrogen-bond acceptors (Lipinski definition) is 10. The van der Waals surface area contributed by atoms with E-state index in [1.54, 1.807) is 0 Å². The summed E-state index contributed by atoms with van der Waals surface area (Å²) in [6, 6.07) is 3.91. The quantitative estimate of drug-likeness (QED) is 0.391. The lowest BCUT2D eigenvalue weighted by Crippen LogP contribution is -2.29. The molecule has 0 bridgehead atoms. The number of aliphatic hydroxyl groups is 2. The Morgan fingerprint density at radius 3 is 2.65 bits per heavy atom. The van der Waals surface area contributed by atoms with Crippen molar-refractivity contribution >= 4 is 34.3 Å². The van der Waals surface area contributed by atoms with Crippen molar-refractivity contribution in [3.8, 4) is 0 Å². The van der Waals surface area contributed by atoms with Crippen molar-refractivity contribution in [3.05, 3.63) is 53.4 Å². The second kappa shape index (κ2) is 8.24. The molecule has 5 rings (SSSR count). The minimum absolute atomic E-state index is 0.0614. The maximum Gasteiger partial charge on any atom is 0.258 e. The predicted octanol–water partition coefficient (Wildman–Crippen LogP) is 3.03. The molecular formula is C21H21ClFN7O4. The Bertz CT molecular complexity index is 1350. The largest absolute Gasteiger partial charge is 0.387 e. The van der Waals surface area contributed by atoms with Crippen LogP contribution in [0.2, 0.25) is 5.02 Å². The first-order valence-corrected chi connectivity index (χ1v) is 10.8. The molecule has 11 nitrogen and oxygen atoms in total. The van der Waals surface area contributed by atoms with Crippen molar-refractivity contribution in [2.75, 3.05) is 5.32 Å². The number of anilines is 2. The molecule has 4 atom stereocenters. The van der Waals surface area contributed by atoms with Crippen molar-refractivity contribution in [1.82, 2.24) is 29.7 Å². The number of nitrogens with one attached hydrogen (secondary N) is 1. The highest BCUT2D eigenvalue weighted by molar-refractivity contribution is 6.33. The molecule has 4 aromatic rings. The number of aromatic nitrogens is 6. The number of benzene rings is 1. The molecule has 178 valence electrons. The van der Waals surface area contributed by atoms with Gasteiger partial charge >= 0.3 is 0 Å². The standard InChI is InChI=1S/C21H21ClFN7O4/c1-21(2,3)20-28-18(34-29-20)15-13(31)14(32)19(33-15)30-8-26-12-16(24-7-25-17(12)30)27-11-5-4-9(23)6-10(11)22/h4-8,13-15,19,31-32H,1-3H3,(H,24,25,27)/t13-,14+,15-,19+/m0/s1. The summed E-state index contributed by atoms with van der Waals surface area (Å²) in [4.78, 5) is 17.1. The fourth-order valence-corrected chi connectivity index (χ4v) is 3.81. The zero-order chi connectivity index (χ0) is 24.2. The normalized spacial score (nSPS) is 23.0. The van der Waals surface area contributed by atoms with E-state index >= 15 is 0 Å². The van der Waals surface area contributed by atoms with Crippen molar-refractivity contribution in [2.24, 2.45) is 0 Å². The van der Waals surface area contributed by atoms with Crippen LogP contribution in [0.1, 0.15) is 44.8 Å². The molecule has 0 amide bonds. The van der Waals surface area contributed by atoms with Gasteiger partial charge in [0.25, 0.3) is 5.89 Å². The highest BCUT2D eigenvalue weighted by Crippen LogP contribution is 2.40. The van der Waals surface area contributed by atoms with E-state index in [4.69, 9.17) is 20.9 Å². The van der Waals surface area contributed by atoms with Crippen LogP contribution in [-0.4, -0.2) is 52.1 Å². The Morgan fingerprint density at radius 2 is 1.94 bits per heavy atom. The van der Waals surface area contributed by atoms with Gasteiger partial charge in [0.1, 0.15) is 24.4 Å². The number of nitrogens with zero attached hydrogens (tertiary/aromatic N) is 6. The van der Waals surface area contributed by atoms with Crippen LogP contribution in [0.5, 0.6) is 0 Å². The van der Waals surface area contributed by atoms with E-state index in [1.165, 1.54) is 35.4 Å². The van der Waals surface area contributed by atoms with Crippen LogP contribution in [0, 0.1) is 5.82 Å². The van der Waals surface area contributed by atoms with Crippen LogP contribution in [0.25, 0.3) is 11.2 Å². The van der Waals surface area contributed by atoms with Gasteiger partial charge in [-0.15, -0.1) is 0 Å². The summed E-state index contributed by atoms with van der Waals surface area (Å²) >= 11 is 6.11. The Balaban J connectivity index is 1.45. The van der Waals surface area contributed by atoms with E-state index in [9.17, 15) is 14.6 Å². The topological polar surface area (TPSA) is 144 Å². The Hall–Kier alpha value is -3.19. The van der Waals surface area contributed by atoms with E-state index in [2.05, 4.69) is 30.4 Å². The molecule has 1 saturated heterocycles. The molecule has 0 unspecified atom stereocenters. The van der Waals surface area contributed by atoms with Crippen LogP contribution in [0.15, 0.2) is 35.4 Å². The van der Waals surface area contributed by atoms with Crippen LogP contribution in [0.3, 0.4) is 0 Å². The number of fused-ring (bicyclic) bond motifs is 1. The summed E-state index contributed by atoms with van der Waals surface area (Å²) in [5.74, 6) is 0.358. The molecule has 34 heavy (non-hydrogen) atoms. The first-order valence-electron chi connectivity index (χ1n) is 10.4. The second-order valence-corrected chi connectivity index (χ2v) is 9.34. The van der Waals surface area contributed by atoms with E-state index in [1.807, 2.05) is 20.8 Å². The molecule has 3 aromatic heterocycles. The monoisotopic (exact) mass is 489 g/mol. The minimum Gasteiger partial charge on any atom is -0.387 e. The van der Waals surface area contributed by atoms with E-state index in [0.29, 0.717) is 28.5 Å². The first-order chi connectivity index (χ1) is 16.1. The van der Waals surface area contributed by atoms with Crippen molar-refractivity contribution in [2.45, 2.75) is 50.7 Å². The third-order valence-corrected chi connectivity index (χ3v) is 5.72. The van der Waals surface area contributed by atoms with E-state index in [-0.39, 0.29) is 16.3 Å². The Labute approximate surface area is 197 Å². The minimum atomic E-state index is -1.33. The SMILES string of the molecule is CC(C)(C)c1noc([C@H]2O[C@@H](n3cnc4c(Nc5ccc(F)cc5Cl)ncnc43)[C@H](O)[C@@H]2O)n1. The van der Waals surface area contributed by atoms with E-state index < -0.39 is 30.4 Å². The molecule has 4 heterocycles.